The van der Waals surface area contributed by atoms with Crippen molar-refractivity contribution in [3.8, 4) is 11.5 Å². The Morgan fingerprint density at radius 2 is 1.73 bits per heavy atom. The second-order valence-electron chi connectivity index (χ2n) is 6.61. The maximum absolute atomic E-state index is 10.7. The minimum Gasteiger partial charge on any atom is -0.490 e. The van der Waals surface area contributed by atoms with Gasteiger partial charge < -0.3 is 19.5 Å². The average Bonchev–Trinajstić information content (AvgIpc) is 2.94. The van der Waals surface area contributed by atoms with Gasteiger partial charge in [-0.3, -0.25) is 4.90 Å². The standard InChI is InChI=1S/C19H24N4O3/c24-16(15-3-4-17-18(13-15)26-12-2-11-25-17)14-22-7-9-23(10-8-22)19-20-5-1-6-21-19/h1,3-6,13,16,24H,2,7-12,14H2/t16-/m0/s1. The third kappa shape index (κ3) is 3.89. The molecule has 0 saturated carbocycles. The molecule has 7 heteroatoms. The predicted octanol–water partition coefficient (Wildman–Crippen LogP) is 1.49. The van der Waals surface area contributed by atoms with Crippen molar-refractivity contribution in [2.45, 2.75) is 12.5 Å². The number of β-amino-alcohol motifs (C(OH)–C–C–N with tert-alkyl or cyclic N) is 1. The molecule has 0 amide bonds. The largest absolute Gasteiger partial charge is 0.490 e. The third-order valence-corrected chi connectivity index (χ3v) is 4.79. The highest BCUT2D eigenvalue weighted by molar-refractivity contribution is 5.44. The first kappa shape index (κ1) is 17.1. The molecule has 1 fully saturated rings. The smallest absolute Gasteiger partial charge is 0.225 e. The fourth-order valence-electron chi connectivity index (χ4n) is 3.32. The Bertz CT molecular complexity index is 720. The molecular weight excluding hydrogens is 332 g/mol. The first-order valence-electron chi connectivity index (χ1n) is 9.11. The van der Waals surface area contributed by atoms with Gasteiger partial charge in [-0.2, -0.15) is 0 Å². The van der Waals surface area contributed by atoms with E-state index in [9.17, 15) is 5.11 Å². The number of benzene rings is 1. The van der Waals surface area contributed by atoms with E-state index < -0.39 is 6.10 Å². The lowest BCUT2D eigenvalue weighted by atomic mass is 10.1. The number of rotatable bonds is 4. The number of nitrogens with zero attached hydrogens (tertiary/aromatic N) is 4. The van der Waals surface area contributed by atoms with Crippen molar-refractivity contribution < 1.29 is 14.6 Å². The lowest BCUT2D eigenvalue weighted by Crippen LogP contribution is -2.48. The number of aliphatic hydroxyl groups excluding tert-OH is 1. The maximum atomic E-state index is 10.7. The van der Waals surface area contributed by atoms with E-state index in [0.717, 1.165) is 55.6 Å². The van der Waals surface area contributed by atoms with Gasteiger partial charge in [-0.05, 0) is 23.8 Å². The van der Waals surface area contributed by atoms with Crippen LogP contribution in [0.25, 0.3) is 0 Å². The predicted molar refractivity (Wildman–Crippen MR) is 97.7 cm³/mol. The molecule has 0 spiro atoms. The molecule has 0 bridgehead atoms. The SMILES string of the molecule is O[C@@H](CN1CCN(c2ncccn2)CC1)c1ccc2c(c1)OCCCO2. The molecule has 7 nitrogen and oxygen atoms in total. The summed E-state index contributed by atoms with van der Waals surface area (Å²) in [7, 11) is 0. The normalized spacial score (nSPS) is 19.0. The topological polar surface area (TPSA) is 71.0 Å². The summed E-state index contributed by atoms with van der Waals surface area (Å²) in [6.45, 7) is 5.39. The van der Waals surface area contributed by atoms with Gasteiger partial charge in [-0.15, -0.1) is 0 Å². The summed E-state index contributed by atoms with van der Waals surface area (Å²) in [5.41, 5.74) is 0.864. The zero-order chi connectivity index (χ0) is 17.8. The van der Waals surface area contributed by atoms with Gasteiger partial charge >= 0.3 is 0 Å². The number of aliphatic hydroxyl groups is 1. The molecule has 1 atom stereocenters. The molecule has 1 aromatic heterocycles. The third-order valence-electron chi connectivity index (χ3n) is 4.79. The number of fused-ring (bicyclic) bond motifs is 1. The van der Waals surface area contributed by atoms with Crippen LogP contribution in [0, 0.1) is 0 Å². The van der Waals surface area contributed by atoms with E-state index >= 15 is 0 Å². The molecule has 0 aliphatic carbocycles. The van der Waals surface area contributed by atoms with Crippen LogP contribution in [0.5, 0.6) is 11.5 Å². The van der Waals surface area contributed by atoms with Crippen LogP contribution in [0.4, 0.5) is 5.95 Å². The monoisotopic (exact) mass is 356 g/mol. The van der Waals surface area contributed by atoms with Gasteiger partial charge in [0.05, 0.1) is 19.3 Å². The highest BCUT2D eigenvalue weighted by atomic mass is 16.5. The number of anilines is 1. The summed E-state index contributed by atoms with van der Waals surface area (Å²) in [4.78, 5) is 13.1. The van der Waals surface area contributed by atoms with Gasteiger partial charge in [0, 0.05) is 51.5 Å². The van der Waals surface area contributed by atoms with Crippen LogP contribution < -0.4 is 14.4 Å². The zero-order valence-electron chi connectivity index (χ0n) is 14.8. The van der Waals surface area contributed by atoms with Crippen molar-refractivity contribution in [1.29, 1.82) is 0 Å². The minimum atomic E-state index is -0.549. The molecule has 0 radical (unpaired) electrons. The van der Waals surface area contributed by atoms with Crippen LogP contribution in [0.1, 0.15) is 18.1 Å². The summed E-state index contributed by atoms with van der Waals surface area (Å²) < 4.78 is 11.4. The van der Waals surface area contributed by atoms with Crippen molar-refractivity contribution in [2.24, 2.45) is 0 Å². The number of ether oxygens (including phenoxy) is 2. The second kappa shape index (κ2) is 7.88. The van der Waals surface area contributed by atoms with Gasteiger partial charge in [0.1, 0.15) is 0 Å². The quantitative estimate of drug-likeness (QED) is 0.890. The van der Waals surface area contributed by atoms with E-state index in [1.807, 2.05) is 24.3 Å². The average molecular weight is 356 g/mol. The summed E-state index contributed by atoms with van der Waals surface area (Å²) in [5, 5.41) is 10.7. The number of aromatic nitrogens is 2. The molecule has 0 unspecified atom stereocenters. The highest BCUT2D eigenvalue weighted by Crippen LogP contribution is 2.32. The molecule has 2 aliphatic rings. The molecule has 1 saturated heterocycles. The fourth-order valence-corrected chi connectivity index (χ4v) is 3.32. The molecule has 2 aromatic rings. The van der Waals surface area contributed by atoms with Gasteiger partial charge in [-0.25, -0.2) is 9.97 Å². The van der Waals surface area contributed by atoms with Crippen molar-refractivity contribution in [3.05, 3.63) is 42.2 Å². The summed E-state index contributed by atoms with van der Waals surface area (Å²) in [6.07, 6.45) is 3.86. The lowest BCUT2D eigenvalue weighted by molar-refractivity contribution is 0.109. The van der Waals surface area contributed by atoms with Crippen LogP contribution >= 0.6 is 0 Å². The Hall–Kier alpha value is -2.38. The lowest BCUT2D eigenvalue weighted by Gasteiger charge is -2.35. The Kier molecular flexibility index (Phi) is 5.17. The van der Waals surface area contributed by atoms with Crippen LogP contribution in [-0.4, -0.2) is 65.9 Å². The second-order valence-corrected chi connectivity index (χ2v) is 6.61. The van der Waals surface area contributed by atoms with E-state index in [-0.39, 0.29) is 0 Å². The van der Waals surface area contributed by atoms with Crippen molar-refractivity contribution in [1.82, 2.24) is 14.9 Å². The van der Waals surface area contributed by atoms with Gasteiger partial charge in [0.15, 0.2) is 11.5 Å². The van der Waals surface area contributed by atoms with Crippen LogP contribution in [0.3, 0.4) is 0 Å². The summed E-state index contributed by atoms with van der Waals surface area (Å²) in [5.74, 6) is 2.26. The van der Waals surface area contributed by atoms with Crippen molar-refractivity contribution >= 4 is 5.95 Å². The molecule has 4 rings (SSSR count). The summed E-state index contributed by atoms with van der Waals surface area (Å²) >= 11 is 0. The van der Waals surface area contributed by atoms with Gasteiger partial charge in [0.2, 0.25) is 5.95 Å². The highest BCUT2D eigenvalue weighted by Gasteiger charge is 2.22. The Labute approximate surface area is 153 Å². The first-order chi connectivity index (χ1) is 12.8. The Morgan fingerprint density at radius 3 is 2.50 bits per heavy atom. The van der Waals surface area contributed by atoms with E-state index in [1.54, 1.807) is 12.4 Å². The van der Waals surface area contributed by atoms with Crippen LogP contribution in [0.15, 0.2) is 36.7 Å². The first-order valence-corrected chi connectivity index (χ1v) is 9.11. The molecule has 1 aromatic carbocycles. The van der Waals surface area contributed by atoms with E-state index in [1.165, 1.54) is 0 Å². The number of hydrogen-bond donors (Lipinski definition) is 1. The van der Waals surface area contributed by atoms with Crippen molar-refractivity contribution in [2.75, 3.05) is 50.8 Å². The maximum Gasteiger partial charge on any atom is 0.225 e. The summed E-state index contributed by atoms with van der Waals surface area (Å²) in [6, 6.07) is 7.54. The van der Waals surface area contributed by atoms with Crippen molar-refractivity contribution in [3.63, 3.8) is 0 Å². The Morgan fingerprint density at radius 1 is 1.00 bits per heavy atom. The van der Waals surface area contributed by atoms with E-state index in [4.69, 9.17) is 9.47 Å². The van der Waals surface area contributed by atoms with Crippen LogP contribution in [-0.2, 0) is 0 Å². The Balaban J connectivity index is 1.34. The molecule has 1 N–H and O–H groups in total. The molecule has 138 valence electrons. The fraction of sp³-hybridized carbons (Fsp3) is 0.474. The number of hydrogen-bond acceptors (Lipinski definition) is 7. The molecule has 3 heterocycles. The minimum absolute atomic E-state index is 0.549. The van der Waals surface area contributed by atoms with Gasteiger partial charge in [-0.1, -0.05) is 6.07 Å². The van der Waals surface area contributed by atoms with E-state index in [2.05, 4.69) is 19.8 Å². The molecule has 2 aliphatic heterocycles. The molecular formula is C19H24N4O3. The van der Waals surface area contributed by atoms with Gasteiger partial charge in [0.25, 0.3) is 0 Å². The van der Waals surface area contributed by atoms with E-state index in [0.29, 0.717) is 19.8 Å². The zero-order valence-corrected chi connectivity index (χ0v) is 14.8. The number of piperazine rings is 1. The van der Waals surface area contributed by atoms with Crippen LogP contribution in [0.2, 0.25) is 0 Å². The molecule has 26 heavy (non-hydrogen) atoms.